The lowest BCUT2D eigenvalue weighted by Gasteiger charge is -2.19. The summed E-state index contributed by atoms with van der Waals surface area (Å²) in [6.07, 6.45) is 1.56. The number of carbonyl (C=O) groups is 1. The van der Waals surface area contributed by atoms with E-state index in [4.69, 9.17) is 10.3 Å². The quantitative estimate of drug-likeness (QED) is 0.319. The standard InChI is InChI=1S/C11H19N3O2/c1-5-9(13-14-12)7-6-8(7)10(15)16-11(2,3)4/h7-9H,5-6H2,1-4H3/t7-,8-,9+/m1/s1. The van der Waals surface area contributed by atoms with Crippen LogP contribution in [0.15, 0.2) is 5.11 Å². The van der Waals surface area contributed by atoms with Crippen LogP contribution in [-0.4, -0.2) is 17.6 Å². The van der Waals surface area contributed by atoms with E-state index in [0.29, 0.717) is 0 Å². The number of ether oxygens (including phenoxy) is 1. The Balaban J connectivity index is 2.49. The second-order valence-electron chi connectivity index (χ2n) is 5.22. The summed E-state index contributed by atoms with van der Waals surface area (Å²) in [6.45, 7) is 7.52. The molecule has 0 saturated heterocycles. The zero-order valence-electron chi connectivity index (χ0n) is 10.3. The van der Waals surface area contributed by atoms with E-state index in [0.717, 1.165) is 12.8 Å². The minimum Gasteiger partial charge on any atom is -0.460 e. The van der Waals surface area contributed by atoms with Gasteiger partial charge in [-0.2, -0.15) is 0 Å². The van der Waals surface area contributed by atoms with Crippen molar-refractivity contribution in [3.8, 4) is 0 Å². The smallest absolute Gasteiger partial charge is 0.309 e. The molecule has 1 fully saturated rings. The van der Waals surface area contributed by atoms with Crippen molar-refractivity contribution in [1.82, 2.24) is 0 Å². The van der Waals surface area contributed by atoms with Gasteiger partial charge in [0.2, 0.25) is 0 Å². The van der Waals surface area contributed by atoms with Crippen LogP contribution in [0.3, 0.4) is 0 Å². The van der Waals surface area contributed by atoms with Gasteiger partial charge in [-0.25, -0.2) is 0 Å². The Morgan fingerprint density at radius 1 is 1.62 bits per heavy atom. The lowest BCUT2D eigenvalue weighted by atomic mass is 10.1. The Morgan fingerprint density at radius 2 is 2.25 bits per heavy atom. The monoisotopic (exact) mass is 225 g/mol. The Kier molecular flexibility index (Phi) is 3.81. The van der Waals surface area contributed by atoms with E-state index in [9.17, 15) is 4.79 Å². The summed E-state index contributed by atoms with van der Waals surface area (Å²) < 4.78 is 5.29. The van der Waals surface area contributed by atoms with Crippen LogP contribution in [0, 0.1) is 11.8 Å². The van der Waals surface area contributed by atoms with Crippen LogP contribution in [0.5, 0.6) is 0 Å². The summed E-state index contributed by atoms with van der Waals surface area (Å²) in [7, 11) is 0. The molecule has 1 aliphatic carbocycles. The maximum atomic E-state index is 11.7. The highest BCUT2D eigenvalue weighted by Crippen LogP contribution is 2.45. The van der Waals surface area contributed by atoms with E-state index in [1.165, 1.54) is 0 Å². The maximum absolute atomic E-state index is 11.7. The Bertz CT molecular complexity index is 316. The highest BCUT2D eigenvalue weighted by atomic mass is 16.6. The van der Waals surface area contributed by atoms with Crippen LogP contribution in [-0.2, 0) is 9.53 Å². The number of hydrogen-bond donors (Lipinski definition) is 0. The van der Waals surface area contributed by atoms with E-state index in [1.54, 1.807) is 0 Å². The largest absolute Gasteiger partial charge is 0.460 e. The van der Waals surface area contributed by atoms with Gasteiger partial charge >= 0.3 is 5.97 Å². The molecule has 0 spiro atoms. The Labute approximate surface area is 95.8 Å². The van der Waals surface area contributed by atoms with Crippen LogP contribution in [0.2, 0.25) is 0 Å². The lowest BCUT2D eigenvalue weighted by molar-refractivity contribution is -0.156. The molecule has 5 heteroatoms. The number of rotatable bonds is 4. The summed E-state index contributed by atoms with van der Waals surface area (Å²) in [5, 5.41) is 3.71. The molecule has 0 radical (unpaired) electrons. The zero-order chi connectivity index (χ0) is 12.3. The Hall–Kier alpha value is -1.22. The van der Waals surface area contributed by atoms with Crippen LogP contribution in [0.4, 0.5) is 0 Å². The summed E-state index contributed by atoms with van der Waals surface area (Å²) in [6, 6.07) is -0.0671. The lowest BCUT2D eigenvalue weighted by Crippen LogP contribution is -2.26. The molecule has 3 atom stereocenters. The number of carbonyl (C=O) groups excluding carboxylic acids is 1. The van der Waals surface area contributed by atoms with Gasteiger partial charge in [-0.15, -0.1) is 0 Å². The third-order valence-corrected chi connectivity index (χ3v) is 2.66. The van der Waals surface area contributed by atoms with Gasteiger partial charge in [0.25, 0.3) is 0 Å². The van der Waals surface area contributed by atoms with Gasteiger partial charge in [0, 0.05) is 11.0 Å². The molecular weight excluding hydrogens is 206 g/mol. The molecule has 0 aliphatic heterocycles. The average molecular weight is 225 g/mol. The normalized spacial score (nSPS) is 25.5. The van der Waals surface area contributed by atoms with Gasteiger partial charge in [0.15, 0.2) is 0 Å². The fourth-order valence-corrected chi connectivity index (χ4v) is 1.82. The molecule has 0 heterocycles. The first-order valence-corrected chi connectivity index (χ1v) is 5.66. The third kappa shape index (κ3) is 3.42. The fourth-order valence-electron chi connectivity index (χ4n) is 1.82. The van der Waals surface area contributed by atoms with E-state index >= 15 is 0 Å². The van der Waals surface area contributed by atoms with Crippen molar-refractivity contribution in [2.45, 2.75) is 52.2 Å². The molecule has 0 N–H and O–H groups in total. The summed E-state index contributed by atoms with van der Waals surface area (Å²) >= 11 is 0. The van der Waals surface area contributed by atoms with E-state index in [2.05, 4.69) is 10.0 Å². The van der Waals surface area contributed by atoms with Crippen LogP contribution >= 0.6 is 0 Å². The summed E-state index contributed by atoms with van der Waals surface area (Å²) in [5.41, 5.74) is 7.96. The van der Waals surface area contributed by atoms with Crippen molar-refractivity contribution < 1.29 is 9.53 Å². The summed E-state index contributed by atoms with van der Waals surface area (Å²) in [5.74, 6) is -0.0606. The molecule has 1 saturated carbocycles. The molecule has 90 valence electrons. The highest BCUT2D eigenvalue weighted by Gasteiger charge is 2.48. The molecule has 5 nitrogen and oxygen atoms in total. The second kappa shape index (κ2) is 4.74. The maximum Gasteiger partial charge on any atom is 0.309 e. The number of azide groups is 1. The predicted octanol–water partition coefficient (Wildman–Crippen LogP) is 3.05. The first-order chi connectivity index (χ1) is 7.39. The molecule has 0 unspecified atom stereocenters. The minimum absolute atomic E-state index is 0.0671. The summed E-state index contributed by atoms with van der Waals surface area (Å²) in [4.78, 5) is 14.5. The molecule has 0 amide bonds. The SMILES string of the molecule is CC[C@H](N=[N+]=[N-])[C@@H]1C[C@H]1C(=O)OC(C)(C)C. The number of esters is 1. The van der Waals surface area contributed by atoms with Crippen molar-refractivity contribution in [3.63, 3.8) is 0 Å². The number of nitrogens with zero attached hydrogens (tertiary/aromatic N) is 3. The molecule has 0 bridgehead atoms. The average Bonchev–Trinajstić information content (AvgIpc) is 2.90. The van der Waals surface area contributed by atoms with Crippen molar-refractivity contribution in [2.75, 3.05) is 0 Å². The van der Waals surface area contributed by atoms with Crippen LogP contribution in [0.1, 0.15) is 40.5 Å². The van der Waals surface area contributed by atoms with E-state index in [-0.39, 0.29) is 23.8 Å². The van der Waals surface area contributed by atoms with E-state index < -0.39 is 5.60 Å². The van der Waals surface area contributed by atoms with Gasteiger partial charge in [0.05, 0.1) is 5.92 Å². The minimum atomic E-state index is -0.440. The molecule has 1 rings (SSSR count). The zero-order valence-corrected chi connectivity index (χ0v) is 10.3. The topological polar surface area (TPSA) is 75.1 Å². The molecule has 0 aromatic carbocycles. The molecule has 16 heavy (non-hydrogen) atoms. The van der Waals surface area contributed by atoms with Crippen molar-refractivity contribution in [2.24, 2.45) is 17.0 Å². The van der Waals surface area contributed by atoms with Gasteiger partial charge in [0.1, 0.15) is 5.60 Å². The molecule has 0 aromatic heterocycles. The molecule has 1 aliphatic rings. The Morgan fingerprint density at radius 3 is 2.69 bits per heavy atom. The van der Waals surface area contributed by atoms with Crippen molar-refractivity contribution >= 4 is 5.97 Å². The second-order valence-corrected chi connectivity index (χ2v) is 5.22. The molecule has 0 aromatic rings. The third-order valence-electron chi connectivity index (χ3n) is 2.66. The highest BCUT2D eigenvalue weighted by molar-refractivity contribution is 5.76. The number of hydrogen-bond acceptors (Lipinski definition) is 3. The van der Waals surface area contributed by atoms with Gasteiger partial charge in [-0.3, -0.25) is 4.79 Å². The fraction of sp³-hybridized carbons (Fsp3) is 0.909. The van der Waals surface area contributed by atoms with Gasteiger partial charge < -0.3 is 4.74 Å². The van der Waals surface area contributed by atoms with E-state index in [1.807, 2.05) is 27.7 Å². The van der Waals surface area contributed by atoms with Gasteiger partial charge in [-0.05, 0) is 45.1 Å². The predicted molar refractivity (Wildman–Crippen MR) is 60.7 cm³/mol. The molecular formula is C11H19N3O2. The van der Waals surface area contributed by atoms with Crippen LogP contribution < -0.4 is 0 Å². The first kappa shape index (κ1) is 12.8. The van der Waals surface area contributed by atoms with Crippen LogP contribution in [0.25, 0.3) is 10.4 Å². The van der Waals surface area contributed by atoms with Gasteiger partial charge in [-0.1, -0.05) is 12.0 Å². The van der Waals surface area contributed by atoms with Crippen molar-refractivity contribution in [3.05, 3.63) is 10.4 Å². The van der Waals surface area contributed by atoms with Crippen molar-refractivity contribution in [1.29, 1.82) is 0 Å². The first-order valence-electron chi connectivity index (χ1n) is 5.66.